The molecule has 11 heteroatoms. The maximum absolute atomic E-state index is 10.4. The van der Waals surface area contributed by atoms with E-state index in [1.54, 1.807) is 14.2 Å². The normalized spacial score (nSPS) is 23.6. The first kappa shape index (κ1) is 20.3. The highest BCUT2D eigenvalue weighted by Crippen LogP contribution is 2.34. The number of ether oxygens (including phenoxy) is 3. The molecule has 3 atom stereocenters. The molecule has 11 nitrogen and oxygen atoms in total. The molecule has 30 heavy (non-hydrogen) atoms. The summed E-state index contributed by atoms with van der Waals surface area (Å²) in [6.07, 6.45) is 0.288. The Morgan fingerprint density at radius 2 is 2.00 bits per heavy atom. The molecule has 0 unspecified atom stereocenters. The summed E-state index contributed by atoms with van der Waals surface area (Å²) < 4.78 is 17.5. The van der Waals surface area contributed by atoms with Crippen molar-refractivity contribution in [2.45, 2.75) is 24.5 Å². The minimum Gasteiger partial charge on any atom is -0.493 e. The molecule has 3 aromatic rings. The van der Waals surface area contributed by atoms with Crippen molar-refractivity contribution in [2.24, 2.45) is 0 Å². The van der Waals surface area contributed by atoms with Gasteiger partial charge in [0.05, 0.1) is 33.8 Å². The summed E-state index contributed by atoms with van der Waals surface area (Å²) in [7, 11) is 3.15. The minimum atomic E-state index is -1.57. The van der Waals surface area contributed by atoms with Crippen LogP contribution >= 0.6 is 0 Å². The maximum atomic E-state index is 10.4. The molecule has 2 aromatic heterocycles. The summed E-state index contributed by atoms with van der Waals surface area (Å²) in [5.74, 6) is 1.72. The third-order valence-corrected chi connectivity index (χ3v) is 5.21. The number of rotatable bonds is 7. The van der Waals surface area contributed by atoms with Crippen LogP contribution in [0.2, 0.25) is 0 Å². The van der Waals surface area contributed by atoms with E-state index in [-0.39, 0.29) is 6.61 Å². The van der Waals surface area contributed by atoms with Crippen LogP contribution < -0.4 is 14.8 Å². The fourth-order valence-electron chi connectivity index (χ4n) is 3.55. The van der Waals surface area contributed by atoms with Crippen LogP contribution in [0.3, 0.4) is 0 Å². The molecule has 1 saturated heterocycles. The number of hydrogen-bond acceptors (Lipinski definition) is 10. The summed E-state index contributed by atoms with van der Waals surface area (Å²) in [6, 6.07) is 5.57. The van der Waals surface area contributed by atoms with Crippen LogP contribution in [0.1, 0.15) is 5.56 Å². The van der Waals surface area contributed by atoms with Gasteiger partial charge in [-0.2, -0.15) is 0 Å². The van der Waals surface area contributed by atoms with Crippen LogP contribution in [0.15, 0.2) is 30.9 Å². The second-order valence-corrected chi connectivity index (χ2v) is 6.88. The Kier molecular flexibility index (Phi) is 5.43. The minimum absolute atomic E-state index is 0.114. The van der Waals surface area contributed by atoms with Gasteiger partial charge in [0.1, 0.15) is 18.5 Å². The zero-order valence-corrected chi connectivity index (χ0v) is 16.5. The Bertz CT molecular complexity index is 1040. The molecule has 1 aromatic carbocycles. The lowest BCUT2D eigenvalue weighted by Gasteiger charge is -2.31. The van der Waals surface area contributed by atoms with Crippen LogP contribution in [-0.2, 0) is 17.0 Å². The van der Waals surface area contributed by atoms with Crippen LogP contribution in [0, 0.1) is 0 Å². The lowest BCUT2D eigenvalue weighted by Crippen LogP contribution is -2.48. The number of anilines is 1. The fraction of sp³-hybridized carbons (Fsp3) is 0.421. The van der Waals surface area contributed by atoms with E-state index in [9.17, 15) is 15.3 Å². The summed E-state index contributed by atoms with van der Waals surface area (Å²) in [5, 5.41) is 33.4. The Morgan fingerprint density at radius 1 is 1.20 bits per heavy atom. The van der Waals surface area contributed by atoms with E-state index in [0.717, 1.165) is 5.56 Å². The lowest BCUT2D eigenvalue weighted by molar-refractivity contribution is -0.149. The van der Waals surface area contributed by atoms with E-state index in [2.05, 4.69) is 20.3 Å². The van der Waals surface area contributed by atoms with Crippen molar-refractivity contribution >= 4 is 17.0 Å². The standard InChI is InChI=1S/C19H23N5O6/c1-28-13-4-3-11(5-14(13)29-2)6-20-17-15-18(22-9-21-17)24(10-23-15)19(8-25)16(27)12(26)7-30-19/h3-5,9-10,12,16,25-27H,6-8H2,1-2H3,(H,20,21,22)/t12-,16+,19-/m1/s1. The number of nitrogens with zero attached hydrogens (tertiary/aromatic N) is 4. The summed E-state index contributed by atoms with van der Waals surface area (Å²) in [6.45, 7) is -0.242. The molecule has 160 valence electrons. The number of fused-ring (bicyclic) bond motifs is 1. The lowest BCUT2D eigenvalue weighted by atomic mass is 10.1. The number of aliphatic hydroxyl groups excluding tert-OH is 3. The van der Waals surface area contributed by atoms with E-state index in [0.29, 0.717) is 35.0 Å². The molecule has 0 radical (unpaired) electrons. The molecule has 0 saturated carbocycles. The van der Waals surface area contributed by atoms with E-state index < -0.39 is 24.5 Å². The highest BCUT2D eigenvalue weighted by Gasteiger charge is 2.51. The van der Waals surface area contributed by atoms with Gasteiger partial charge in [-0.15, -0.1) is 0 Å². The Morgan fingerprint density at radius 3 is 2.67 bits per heavy atom. The molecule has 0 amide bonds. The van der Waals surface area contributed by atoms with Gasteiger partial charge in [-0.05, 0) is 17.7 Å². The highest BCUT2D eigenvalue weighted by atomic mass is 16.6. The second-order valence-electron chi connectivity index (χ2n) is 6.88. The number of hydrogen-bond donors (Lipinski definition) is 4. The smallest absolute Gasteiger partial charge is 0.199 e. The molecule has 1 fully saturated rings. The van der Waals surface area contributed by atoms with Crippen LogP contribution in [0.5, 0.6) is 11.5 Å². The predicted octanol–water partition coefficient (Wildman–Crippen LogP) is -0.147. The number of aliphatic hydroxyl groups is 3. The van der Waals surface area contributed by atoms with Gasteiger partial charge < -0.3 is 34.8 Å². The number of nitrogens with one attached hydrogen (secondary N) is 1. The average Bonchev–Trinajstić information content (AvgIpc) is 3.34. The van der Waals surface area contributed by atoms with Crippen molar-refractivity contribution in [3.05, 3.63) is 36.4 Å². The molecule has 1 aliphatic heterocycles. The molecule has 1 aliphatic rings. The van der Waals surface area contributed by atoms with Gasteiger partial charge in [0.15, 0.2) is 34.2 Å². The van der Waals surface area contributed by atoms with Crippen molar-refractivity contribution in [1.82, 2.24) is 19.5 Å². The highest BCUT2D eigenvalue weighted by molar-refractivity contribution is 5.82. The van der Waals surface area contributed by atoms with Gasteiger partial charge in [-0.3, -0.25) is 4.57 Å². The molecule has 4 rings (SSSR count). The first-order chi connectivity index (χ1) is 14.5. The van der Waals surface area contributed by atoms with Crippen molar-refractivity contribution in [3.63, 3.8) is 0 Å². The van der Waals surface area contributed by atoms with E-state index in [1.807, 2.05) is 18.2 Å². The first-order valence-corrected chi connectivity index (χ1v) is 9.28. The Labute approximate surface area is 171 Å². The van der Waals surface area contributed by atoms with Gasteiger partial charge in [0, 0.05) is 6.54 Å². The third-order valence-electron chi connectivity index (χ3n) is 5.21. The van der Waals surface area contributed by atoms with Gasteiger partial charge in [-0.25, -0.2) is 15.0 Å². The SMILES string of the molecule is COc1ccc(CNc2ncnc3c2ncn3[C@]2(CO)OC[C@@H](O)[C@@H]2O)cc1OC. The summed E-state index contributed by atoms with van der Waals surface area (Å²) >= 11 is 0. The molecular formula is C19H23N5O6. The second kappa shape index (κ2) is 8.03. The van der Waals surface area contributed by atoms with Gasteiger partial charge in [0.25, 0.3) is 0 Å². The largest absolute Gasteiger partial charge is 0.493 e. The Hall–Kier alpha value is -2.99. The van der Waals surface area contributed by atoms with Gasteiger partial charge in [-0.1, -0.05) is 6.07 Å². The van der Waals surface area contributed by atoms with Crippen molar-refractivity contribution in [3.8, 4) is 11.5 Å². The number of benzene rings is 1. The van der Waals surface area contributed by atoms with Crippen LogP contribution in [-0.4, -0.2) is 74.5 Å². The predicted molar refractivity (Wildman–Crippen MR) is 105 cm³/mol. The first-order valence-electron chi connectivity index (χ1n) is 9.28. The van der Waals surface area contributed by atoms with E-state index >= 15 is 0 Å². The number of imidazole rings is 1. The summed E-state index contributed by atoms with van der Waals surface area (Å²) in [4.78, 5) is 12.8. The van der Waals surface area contributed by atoms with E-state index in [4.69, 9.17) is 14.2 Å². The molecule has 0 bridgehead atoms. The van der Waals surface area contributed by atoms with Crippen LogP contribution in [0.25, 0.3) is 11.2 Å². The zero-order chi connectivity index (χ0) is 21.3. The Balaban J connectivity index is 1.63. The van der Waals surface area contributed by atoms with Crippen molar-refractivity contribution < 1.29 is 29.5 Å². The quantitative estimate of drug-likeness (QED) is 0.410. The number of methoxy groups -OCH3 is 2. The topological polar surface area (TPSA) is 144 Å². The zero-order valence-electron chi connectivity index (χ0n) is 16.5. The number of aromatic nitrogens is 4. The van der Waals surface area contributed by atoms with Crippen molar-refractivity contribution in [1.29, 1.82) is 0 Å². The molecule has 0 spiro atoms. The van der Waals surface area contributed by atoms with Gasteiger partial charge >= 0.3 is 0 Å². The molecule has 4 N–H and O–H groups in total. The monoisotopic (exact) mass is 417 g/mol. The van der Waals surface area contributed by atoms with Crippen LogP contribution in [0.4, 0.5) is 5.82 Å². The molecule has 0 aliphatic carbocycles. The van der Waals surface area contributed by atoms with Gasteiger partial charge in [0.2, 0.25) is 0 Å². The maximum Gasteiger partial charge on any atom is 0.199 e. The summed E-state index contributed by atoms with van der Waals surface area (Å²) in [5.41, 5.74) is 0.150. The average molecular weight is 417 g/mol. The molecular weight excluding hydrogens is 394 g/mol. The molecule has 3 heterocycles. The fourth-order valence-corrected chi connectivity index (χ4v) is 3.55. The third kappa shape index (κ3) is 3.21. The van der Waals surface area contributed by atoms with E-state index in [1.165, 1.54) is 17.2 Å². The van der Waals surface area contributed by atoms with Crippen molar-refractivity contribution in [2.75, 3.05) is 32.8 Å².